The van der Waals surface area contributed by atoms with Crippen molar-refractivity contribution in [1.82, 2.24) is 15.2 Å². The Kier molecular flexibility index (Phi) is 7.18. The molecule has 1 unspecified atom stereocenters. The van der Waals surface area contributed by atoms with Crippen LogP contribution in [0.1, 0.15) is 21.9 Å². The highest BCUT2D eigenvalue weighted by Gasteiger charge is 2.25. The van der Waals surface area contributed by atoms with E-state index in [4.69, 9.17) is 9.47 Å². The predicted molar refractivity (Wildman–Crippen MR) is 135 cm³/mol. The second kappa shape index (κ2) is 10.4. The van der Waals surface area contributed by atoms with E-state index in [9.17, 15) is 4.79 Å². The summed E-state index contributed by atoms with van der Waals surface area (Å²) < 4.78 is 10.8. The molecule has 174 valence electrons. The summed E-state index contributed by atoms with van der Waals surface area (Å²) in [6.07, 6.45) is 0. The molecule has 0 fully saturated rings. The van der Waals surface area contributed by atoms with E-state index in [2.05, 4.69) is 26.6 Å². The van der Waals surface area contributed by atoms with Crippen molar-refractivity contribution >= 4 is 23.4 Å². The van der Waals surface area contributed by atoms with Crippen molar-refractivity contribution in [2.75, 3.05) is 19.5 Å². The number of aromatic nitrogens is 3. The maximum atomic E-state index is 13.4. The van der Waals surface area contributed by atoms with Crippen molar-refractivity contribution < 1.29 is 14.3 Å². The van der Waals surface area contributed by atoms with Crippen LogP contribution in [0.2, 0.25) is 0 Å². The number of hydrogen-bond donors (Lipinski definition) is 2. The van der Waals surface area contributed by atoms with Gasteiger partial charge in [-0.3, -0.25) is 9.89 Å². The molecule has 4 aromatic rings. The normalized spacial score (nSPS) is 11.6. The molecule has 3 aromatic carbocycles. The standard InChI is InChI=1S/C26H26N4O3S/c1-16-12-17(2)14-19(13-16)27-25(31)23(18-8-6-5-7-9-18)34-26-28-24(29-30-26)21-11-10-20(32-3)15-22(21)33-4/h5-15,23H,1-4H3,(H,27,31)(H,28,29,30). The molecule has 1 heterocycles. The van der Waals surface area contributed by atoms with Gasteiger partial charge in [0.1, 0.15) is 16.7 Å². The molecule has 1 amide bonds. The zero-order chi connectivity index (χ0) is 24.1. The van der Waals surface area contributed by atoms with E-state index in [1.807, 2.05) is 68.4 Å². The van der Waals surface area contributed by atoms with E-state index in [0.29, 0.717) is 22.5 Å². The molecule has 0 aliphatic heterocycles. The smallest absolute Gasteiger partial charge is 0.242 e. The van der Waals surface area contributed by atoms with Crippen molar-refractivity contribution in [3.05, 3.63) is 83.4 Å². The maximum Gasteiger partial charge on any atom is 0.242 e. The van der Waals surface area contributed by atoms with E-state index in [0.717, 1.165) is 27.9 Å². The van der Waals surface area contributed by atoms with E-state index in [-0.39, 0.29) is 5.91 Å². The molecule has 0 radical (unpaired) electrons. The Morgan fingerprint density at radius 3 is 2.38 bits per heavy atom. The molecule has 0 saturated heterocycles. The number of anilines is 1. The number of aryl methyl sites for hydroxylation is 2. The Bertz CT molecular complexity index is 1270. The molecule has 0 aliphatic carbocycles. The first-order chi connectivity index (χ1) is 16.5. The van der Waals surface area contributed by atoms with Crippen molar-refractivity contribution in [3.8, 4) is 22.9 Å². The van der Waals surface area contributed by atoms with Crippen molar-refractivity contribution in [2.45, 2.75) is 24.3 Å². The number of nitrogens with one attached hydrogen (secondary N) is 2. The minimum absolute atomic E-state index is 0.144. The molecular weight excluding hydrogens is 448 g/mol. The van der Waals surface area contributed by atoms with Crippen LogP contribution in [-0.2, 0) is 4.79 Å². The zero-order valence-electron chi connectivity index (χ0n) is 19.5. The van der Waals surface area contributed by atoms with Gasteiger partial charge in [0, 0.05) is 11.8 Å². The quantitative estimate of drug-likeness (QED) is 0.324. The number of methoxy groups -OCH3 is 2. The third kappa shape index (κ3) is 5.40. The first kappa shape index (κ1) is 23.4. The van der Waals surface area contributed by atoms with Crippen molar-refractivity contribution in [3.63, 3.8) is 0 Å². The van der Waals surface area contributed by atoms with Crippen molar-refractivity contribution in [2.24, 2.45) is 0 Å². The Morgan fingerprint density at radius 1 is 0.971 bits per heavy atom. The average Bonchev–Trinajstić information content (AvgIpc) is 3.30. The Labute approximate surface area is 202 Å². The van der Waals surface area contributed by atoms with Gasteiger partial charge in [-0.1, -0.05) is 48.2 Å². The topological polar surface area (TPSA) is 89.1 Å². The second-order valence-corrected chi connectivity index (χ2v) is 8.88. The number of rotatable bonds is 8. The monoisotopic (exact) mass is 474 g/mol. The van der Waals surface area contributed by atoms with Gasteiger partial charge in [-0.15, -0.1) is 5.10 Å². The summed E-state index contributed by atoms with van der Waals surface area (Å²) in [5, 5.41) is 10.3. The van der Waals surface area contributed by atoms with E-state index in [1.54, 1.807) is 20.3 Å². The van der Waals surface area contributed by atoms with Gasteiger partial charge in [0.15, 0.2) is 5.82 Å². The minimum Gasteiger partial charge on any atom is -0.497 e. The number of amides is 1. The van der Waals surface area contributed by atoms with Crippen LogP contribution < -0.4 is 14.8 Å². The van der Waals surface area contributed by atoms with Crippen LogP contribution in [-0.4, -0.2) is 35.3 Å². The molecule has 0 aliphatic rings. The van der Waals surface area contributed by atoms with Gasteiger partial charge < -0.3 is 14.8 Å². The van der Waals surface area contributed by atoms with E-state index < -0.39 is 5.25 Å². The highest BCUT2D eigenvalue weighted by Crippen LogP contribution is 2.37. The predicted octanol–water partition coefficient (Wildman–Crippen LogP) is 5.58. The van der Waals surface area contributed by atoms with Crippen LogP contribution in [0.5, 0.6) is 11.5 Å². The summed E-state index contributed by atoms with van der Waals surface area (Å²) in [4.78, 5) is 18.0. The molecule has 0 spiro atoms. The number of H-pyrrole nitrogens is 1. The Balaban J connectivity index is 1.61. The van der Waals surface area contributed by atoms with Gasteiger partial charge in [0.05, 0.1) is 19.8 Å². The van der Waals surface area contributed by atoms with E-state index in [1.165, 1.54) is 11.8 Å². The lowest BCUT2D eigenvalue weighted by molar-refractivity contribution is -0.115. The molecule has 0 saturated carbocycles. The second-order valence-electron chi connectivity index (χ2n) is 7.81. The van der Waals surface area contributed by atoms with Crippen LogP contribution in [0.15, 0.2) is 71.9 Å². The SMILES string of the molecule is COc1ccc(-c2nc(SC(C(=O)Nc3cc(C)cc(C)c3)c3ccccc3)n[nH]2)c(OC)c1. The number of aromatic amines is 1. The average molecular weight is 475 g/mol. The van der Waals surface area contributed by atoms with Crippen LogP contribution in [0.25, 0.3) is 11.4 Å². The van der Waals surface area contributed by atoms with Crippen LogP contribution >= 0.6 is 11.8 Å². The number of benzene rings is 3. The fourth-order valence-electron chi connectivity index (χ4n) is 3.67. The summed E-state index contributed by atoms with van der Waals surface area (Å²) in [5.74, 6) is 1.69. The number of hydrogen-bond acceptors (Lipinski definition) is 6. The van der Waals surface area contributed by atoms with Gasteiger partial charge in [-0.25, -0.2) is 4.98 Å². The molecule has 2 N–H and O–H groups in total. The lowest BCUT2D eigenvalue weighted by Crippen LogP contribution is -2.19. The van der Waals surface area contributed by atoms with Gasteiger partial charge >= 0.3 is 0 Å². The lowest BCUT2D eigenvalue weighted by Gasteiger charge is -2.16. The molecule has 7 nitrogen and oxygen atoms in total. The lowest BCUT2D eigenvalue weighted by atomic mass is 10.1. The van der Waals surface area contributed by atoms with Crippen LogP contribution in [0.3, 0.4) is 0 Å². The van der Waals surface area contributed by atoms with Gasteiger partial charge in [0.2, 0.25) is 11.1 Å². The van der Waals surface area contributed by atoms with Gasteiger partial charge in [-0.05, 0) is 54.8 Å². The zero-order valence-corrected chi connectivity index (χ0v) is 20.3. The molecule has 8 heteroatoms. The number of ether oxygens (including phenoxy) is 2. The number of carbonyl (C=O) groups is 1. The summed E-state index contributed by atoms with van der Waals surface area (Å²) in [7, 11) is 3.19. The van der Waals surface area contributed by atoms with Gasteiger partial charge in [-0.2, -0.15) is 0 Å². The molecule has 34 heavy (non-hydrogen) atoms. The number of thioether (sulfide) groups is 1. The summed E-state index contributed by atoms with van der Waals surface area (Å²) in [5.41, 5.74) is 4.56. The number of carbonyl (C=O) groups excluding carboxylic acids is 1. The van der Waals surface area contributed by atoms with Crippen LogP contribution in [0, 0.1) is 13.8 Å². The molecule has 0 bridgehead atoms. The van der Waals surface area contributed by atoms with Crippen LogP contribution in [0.4, 0.5) is 5.69 Å². The summed E-state index contributed by atoms with van der Waals surface area (Å²) in [6, 6.07) is 21.1. The molecule has 1 atom stereocenters. The summed E-state index contributed by atoms with van der Waals surface area (Å²) in [6.45, 7) is 4.02. The third-order valence-electron chi connectivity index (χ3n) is 5.18. The first-order valence-corrected chi connectivity index (χ1v) is 11.6. The third-order valence-corrected chi connectivity index (χ3v) is 6.30. The fraction of sp³-hybridized carbons (Fsp3) is 0.192. The minimum atomic E-state index is -0.538. The number of nitrogens with zero attached hydrogens (tertiary/aromatic N) is 2. The Morgan fingerprint density at radius 2 is 1.71 bits per heavy atom. The maximum absolute atomic E-state index is 13.4. The highest BCUT2D eigenvalue weighted by molar-refractivity contribution is 8.00. The highest BCUT2D eigenvalue weighted by atomic mass is 32.2. The largest absolute Gasteiger partial charge is 0.497 e. The van der Waals surface area contributed by atoms with E-state index >= 15 is 0 Å². The van der Waals surface area contributed by atoms with Gasteiger partial charge in [0.25, 0.3) is 0 Å². The summed E-state index contributed by atoms with van der Waals surface area (Å²) >= 11 is 1.28. The molecule has 1 aromatic heterocycles. The fourth-order valence-corrected chi connectivity index (χ4v) is 4.59. The Hall–Kier alpha value is -3.78. The molecular formula is C26H26N4O3S. The first-order valence-electron chi connectivity index (χ1n) is 10.7. The molecule has 4 rings (SSSR count). The van der Waals surface area contributed by atoms with Crippen molar-refractivity contribution in [1.29, 1.82) is 0 Å².